The van der Waals surface area contributed by atoms with E-state index in [9.17, 15) is 0 Å². The van der Waals surface area contributed by atoms with E-state index < -0.39 is 12.7 Å². The summed E-state index contributed by atoms with van der Waals surface area (Å²) in [6.45, 7) is 0.328. The maximum absolute atomic E-state index is 7.68. The summed E-state index contributed by atoms with van der Waals surface area (Å²) in [6.07, 6.45) is -3.25. The van der Waals surface area contributed by atoms with Gasteiger partial charge in [-0.25, -0.2) is 4.68 Å². The maximum atomic E-state index is 7.68. The lowest BCUT2D eigenvalue weighted by atomic mass is 10.2. The number of aromatic nitrogens is 4. The molecule has 2 rings (SSSR count). The fraction of sp³-hybridized carbons (Fsp3) is 0.833. The van der Waals surface area contributed by atoms with Crippen LogP contribution < -0.4 is 0 Å². The van der Waals surface area contributed by atoms with Crippen LogP contribution in [0.4, 0.5) is 0 Å². The lowest BCUT2D eigenvalue weighted by Crippen LogP contribution is -2.02. The molecule has 0 spiro atoms. The van der Waals surface area contributed by atoms with Gasteiger partial charge in [-0.1, -0.05) is 6.37 Å². The van der Waals surface area contributed by atoms with Crippen LogP contribution in [0.1, 0.15) is 30.5 Å². The Bertz CT molecular complexity index is 347. The van der Waals surface area contributed by atoms with E-state index in [0.29, 0.717) is 6.54 Å². The van der Waals surface area contributed by atoms with Crippen LogP contribution in [0.5, 0.6) is 0 Å². The van der Waals surface area contributed by atoms with E-state index in [-0.39, 0.29) is 18.7 Å². The third kappa shape index (κ3) is 0.894. The van der Waals surface area contributed by atoms with Gasteiger partial charge in [-0.3, -0.25) is 0 Å². The molecule has 4 heteroatoms. The Morgan fingerprint density at radius 2 is 2.50 bits per heavy atom. The summed E-state index contributed by atoms with van der Waals surface area (Å²) < 4.78 is 31.9. The second-order valence-corrected chi connectivity index (χ2v) is 2.08. The van der Waals surface area contributed by atoms with Crippen molar-refractivity contribution >= 4 is 0 Å². The van der Waals surface area contributed by atoms with Gasteiger partial charge in [0, 0.05) is 18.4 Å². The molecular weight excluding hydrogens is 128 g/mol. The molecule has 0 fully saturated rings. The SMILES string of the molecule is [2H]C1([2H])CCn2nnnc2C([2H])([2H])C1. The van der Waals surface area contributed by atoms with Crippen LogP contribution in [-0.4, -0.2) is 20.2 Å². The average molecular weight is 142 g/mol. The molecular formula is C6H10N4. The minimum absolute atomic E-state index is 0.124. The monoisotopic (exact) mass is 142 g/mol. The molecule has 0 aromatic carbocycles. The molecule has 1 aliphatic heterocycles. The molecule has 0 aliphatic carbocycles. The van der Waals surface area contributed by atoms with Crippen LogP contribution in [-0.2, 0) is 12.9 Å². The van der Waals surface area contributed by atoms with Crippen molar-refractivity contribution in [2.45, 2.75) is 32.1 Å². The summed E-state index contributed by atoms with van der Waals surface area (Å²) in [6, 6.07) is 0. The molecule has 4 nitrogen and oxygen atoms in total. The van der Waals surface area contributed by atoms with Gasteiger partial charge in [0.1, 0.15) is 0 Å². The van der Waals surface area contributed by atoms with Crippen LogP contribution in [0.25, 0.3) is 0 Å². The molecule has 0 unspecified atom stereocenters. The Morgan fingerprint density at radius 1 is 1.50 bits per heavy atom. The highest BCUT2D eigenvalue weighted by Crippen LogP contribution is 2.09. The smallest absolute Gasteiger partial charge is 0.151 e. The largest absolute Gasteiger partial charge is 0.230 e. The minimum atomic E-state index is -1.79. The molecule has 1 aromatic heterocycles. The molecule has 1 aromatic rings. The zero-order valence-electron chi connectivity index (χ0n) is 9.41. The highest BCUT2D eigenvalue weighted by Gasteiger charge is 2.08. The quantitative estimate of drug-likeness (QED) is 0.526. The first-order chi connectivity index (χ1) is 6.41. The van der Waals surface area contributed by atoms with Crippen LogP contribution in [0, 0.1) is 0 Å². The van der Waals surface area contributed by atoms with Crippen molar-refractivity contribution in [1.82, 2.24) is 20.2 Å². The summed E-state index contributed by atoms with van der Waals surface area (Å²) in [5, 5.41) is 10.6. The standard InChI is InChI=1S/C6H10N4/c1-2-4-6-7-8-9-10(6)5-3-1/h1-5H2/i1D2,4D2. The van der Waals surface area contributed by atoms with Gasteiger partial charge in [-0.15, -0.1) is 5.10 Å². The van der Waals surface area contributed by atoms with Gasteiger partial charge in [0.15, 0.2) is 5.82 Å². The first-order valence-corrected chi connectivity index (χ1v) is 3.17. The molecule has 1 aliphatic rings. The molecule has 0 saturated heterocycles. The van der Waals surface area contributed by atoms with E-state index in [1.807, 2.05) is 0 Å². The van der Waals surface area contributed by atoms with Crippen molar-refractivity contribution in [2.75, 3.05) is 0 Å². The van der Waals surface area contributed by atoms with Crippen LogP contribution in [0.2, 0.25) is 0 Å². The zero-order chi connectivity index (χ0) is 10.4. The number of aryl methyl sites for hydroxylation is 2. The highest BCUT2D eigenvalue weighted by molar-refractivity contribution is 4.82. The van der Waals surface area contributed by atoms with Gasteiger partial charge in [0.2, 0.25) is 0 Å². The van der Waals surface area contributed by atoms with Gasteiger partial charge in [-0.2, -0.15) is 0 Å². The second kappa shape index (κ2) is 2.36. The number of fused-ring (bicyclic) bond motifs is 1. The summed E-state index contributed by atoms with van der Waals surface area (Å²) >= 11 is 0. The van der Waals surface area contributed by atoms with E-state index in [4.69, 9.17) is 5.48 Å². The van der Waals surface area contributed by atoms with Crippen molar-refractivity contribution < 1.29 is 5.48 Å². The number of hydrogen-bond acceptors (Lipinski definition) is 3. The topological polar surface area (TPSA) is 43.6 Å². The van der Waals surface area contributed by atoms with Crippen molar-refractivity contribution in [3.63, 3.8) is 0 Å². The van der Waals surface area contributed by atoms with E-state index in [0.717, 1.165) is 0 Å². The van der Waals surface area contributed by atoms with Gasteiger partial charge < -0.3 is 0 Å². The number of rotatable bonds is 0. The van der Waals surface area contributed by atoms with E-state index >= 15 is 0 Å². The van der Waals surface area contributed by atoms with E-state index in [1.54, 1.807) is 0 Å². The minimum Gasteiger partial charge on any atom is -0.230 e. The molecule has 2 heterocycles. The highest BCUT2D eigenvalue weighted by atomic mass is 15.5. The zero-order valence-corrected chi connectivity index (χ0v) is 5.41. The second-order valence-electron chi connectivity index (χ2n) is 2.08. The van der Waals surface area contributed by atoms with E-state index in [2.05, 4.69) is 15.5 Å². The molecule has 0 amide bonds. The predicted molar refractivity (Wildman–Crippen MR) is 35.4 cm³/mol. The van der Waals surface area contributed by atoms with Crippen LogP contribution >= 0.6 is 0 Å². The molecule has 54 valence electrons. The molecule has 10 heavy (non-hydrogen) atoms. The Kier molecular flexibility index (Phi) is 0.705. The lowest BCUT2D eigenvalue weighted by molar-refractivity contribution is 0.556. The third-order valence-electron chi connectivity index (χ3n) is 1.40. The Balaban J connectivity index is 2.42. The fourth-order valence-electron chi connectivity index (χ4n) is 0.897. The maximum Gasteiger partial charge on any atom is 0.151 e. The predicted octanol–water partition coefficient (Wildman–Crippen LogP) is 0.399. The van der Waals surface area contributed by atoms with Crippen molar-refractivity contribution in [1.29, 1.82) is 0 Å². The first-order valence-electron chi connectivity index (χ1n) is 5.17. The number of nitrogens with zero attached hydrogens (tertiary/aromatic N) is 4. The lowest BCUT2D eigenvalue weighted by Gasteiger charge is -1.94. The van der Waals surface area contributed by atoms with Crippen molar-refractivity contribution in [2.24, 2.45) is 0 Å². The summed E-state index contributed by atoms with van der Waals surface area (Å²) in [4.78, 5) is 0. The normalized spacial score (nSPS) is 34.0. The van der Waals surface area contributed by atoms with Crippen molar-refractivity contribution in [3.05, 3.63) is 5.82 Å². The molecule has 0 saturated carbocycles. The summed E-state index contributed by atoms with van der Waals surface area (Å²) in [5.41, 5.74) is 0. The van der Waals surface area contributed by atoms with Gasteiger partial charge in [0.25, 0.3) is 0 Å². The van der Waals surface area contributed by atoms with Gasteiger partial charge in [-0.05, 0) is 23.3 Å². The van der Waals surface area contributed by atoms with Crippen LogP contribution in [0.3, 0.4) is 0 Å². The Morgan fingerprint density at radius 3 is 3.50 bits per heavy atom. The molecule has 0 bridgehead atoms. The van der Waals surface area contributed by atoms with Gasteiger partial charge in [0.05, 0.1) is 0 Å². The molecule has 0 radical (unpaired) electrons. The fourth-order valence-corrected chi connectivity index (χ4v) is 0.897. The van der Waals surface area contributed by atoms with Crippen LogP contribution in [0.15, 0.2) is 0 Å². The molecule has 0 atom stereocenters. The summed E-state index contributed by atoms with van der Waals surface area (Å²) in [7, 11) is 0. The first kappa shape index (κ1) is 2.98. The summed E-state index contributed by atoms with van der Waals surface area (Å²) in [5.74, 6) is 0.124. The van der Waals surface area contributed by atoms with Crippen molar-refractivity contribution in [3.8, 4) is 0 Å². The number of tetrazole rings is 1. The van der Waals surface area contributed by atoms with Gasteiger partial charge >= 0.3 is 0 Å². The van der Waals surface area contributed by atoms with E-state index in [1.165, 1.54) is 4.68 Å². The Labute approximate surface area is 64.9 Å². The molecule has 0 N–H and O–H groups in total. The number of hydrogen-bond donors (Lipinski definition) is 0. The average Bonchev–Trinajstić information content (AvgIpc) is 2.43. The third-order valence-corrected chi connectivity index (χ3v) is 1.40. The Hall–Kier alpha value is -0.930.